The molecule has 0 aliphatic carbocycles. The van der Waals surface area contributed by atoms with Crippen LogP contribution < -0.4 is 14.4 Å². The molecule has 1 N–H and O–H groups in total. The van der Waals surface area contributed by atoms with Gasteiger partial charge in [-0.05, 0) is 83.6 Å². The standard InChI is InChI=1S/C23H23IN2O4S/c1-18-6-5-7-21(16-18)30-15-14-25-23(27)17-26(20-12-10-19(24)11-13-20)31(28,29)22-8-3-2-4-9-22/h2-13,16H,14-15,17H2,1H3,(H,25,27). The van der Waals surface area contributed by atoms with Crippen molar-refractivity contribution in [2.75, 3.05) is 24.0 Å². The molecule has 0 bridgehead atoms. The summed E-state index contributed by atoms with van der Waals surface area (Å²) in [7, 11) is -3.90. The number of aryl methyl sites for hydroxylation is 1. The Morgan fingerprint density at radius 1 is 1.00 bits per heavy atom. The highest BCUT2D eigenvalue weighted by molar-refractivity contribution is 14.1. The number of nitrogens with one attached hydrogen (secondary N) is 1. The van der Waals surface area contributed by atoms with Crippen LogP contribution in [0.25, 0.3) is 0 Å². The molecule has 0 atom stereocenters. The van der Waals surface area contributed by atoms with Crippen LogP contribution in [0.15, 0.2) is 83.8 Å². The molecule has 3 rings (SSSR count). The number of hydrogen-bond acceptors (Lipinski definition) is 4. The van der Waals surface area contributed by atoms with E-state index in [0.717, 1.165) is 19.2 Å². The van der Waals surface area contributed by atoms with E-state index in [4.69, 9.17) is 4.74 Å². The number of amides is 1. The van der Waals surface area contributed by atoms with E-state index in [9.17, 15) is 13.2 Å². The lowest BCUT2D eigenvalue weighted by Crippen LogP contribution is -2.41. The molecule has 0 aliphatic rings. The van der Waals surface area contributed by atoms with Crippen molar-refractivity contribution in [3.05, 3.63) is 88.0 Å². The van der Waals surface area contributed by atoms with E-state index in [1.165, 1.54) is 12.1 Å². The Bertz CT molecular complexity index is 1120. The Balaban J connectivity index is 1.68. The van der Waals surface area contributed by atoms with Crippen LogP contribution in [-0.4, -0.2) is 34.0 Å². The highest BCUT2D eigenvalue weighted by atomic mass is 127. The van der Waals surface area contributed by atoms with Crippen molar-refractivity contribution < 1.29 is 17.9 Å². The highest BCUT2D eigenvalue weighted by Gasteiger charge is 2.26. The number of nitrogens with zero attached hydrogens (tertiary/aromatic N) is 1. The molecule has 0 saturated heterocycles. The monoisotopic (exact) mass is 550 g/mol. The third kappa shape index (κ3) is 6.44. The molecule has 0 saturated carbocycles. The van der Waals surface area contributed by atoms with Crippen LogP contribution in [0.2, 0.25) is 0 Å². The average Bonchev–Trinajstić information content (AvgIpc) is 2.76. The Hall–Kier alpha value is -2.59. The van der Waals surface area contributed by atoms with Gasteiger partial charge in [0.25, 0.3) is 10.0 Å². The summed E-state index contributed by atoms with van der Waals surface area (Å²) >= 11 is 2.15. The Labute approximate surface area is 196 Å². The van der Waals surface area contributed by atoms with Gasteiger partial charge in [0.05, 0.1) is 17.1 Å². The molecule has 0 spiro atoms. The summed E-state index contributed by atoms with van der Waals surface area (Å²) < 4.78 is 34.2. The SMILES string of the molecule is Cc1cccc(OCCNC(=O)CN(c2ccc(I)cc2)S(=O)(=O)c2ccccc2)c1. The first-order valence-electron chi connectivity index (χ1n) is 9.66. The zero-order valence-electron chi connectivity index (χ0n) is 17.0. The second-order valence-corrected chi connectivity index (χ2v) is 9.92. The van der Waals surface area contributed by atoms with Gasteiger partial charge in [-0.3, -0.25) is 9.10 Å². The largest absolute Gasteiger partial charge is 0.492 e. The van der Waals surface area contributed by atoms with Crippen LogP contribution >= 0.6 is 22.6 Å². The number of halogens is 1. The minimum atomic E-state index is -3.90. The van der Waals surface area contributed by atoms with Crippen molar-refractivity contribution in [2.24, 2.45) is 0 Å². The zero-order chi connectivity index (χ0) is 22.3. The number of sulfonamides is 1. The summed E-state index contributed by atoms with van der Waals surface area (Å²) in [5, 5.41) is 2.73. The molecule has 3 aromatic rings. The van der Waals surface area contributed by atoms with Crippen molar-refractivity contribution >= 4 is 44.2 Å². The fourth-order valence-corrected chi connectivity index (χ4v) is 4.69. The van der Waals surface area contributed by atoms with Crippen LogP contribution in [0.5, 0.6) is 5.75 Å². The fourth-order valence-electron chi connectivity index (χ4n) is 2.89. The Kier molecular flexibility index (Phi) is 7.91. The van der Waals surface area contributed by atoms with Crippen LogP contribution in [0.3, 0.4) is 0 Å². The van der Waals surface area contributed by atoms with Crippen LogP contribution in [-0.2, 0) is 14.8 Å². The van der Waals surface area contributed by atoms with E-state index in [-0.39, 0.29) is 24.6 Å². The van der Waals surface area contributed by atoms with E-state index in [1.807, 2.05) is 31.2 Å². The first-order valence-corrected chi connectivity index (χ1v) is 12.2. The summed E-state index contributed by atoms with van der Waals surface area (Å²) in [5.74, 6) is 0.312. The minimum absolute atomic E-state index is 0.129. The van der Waals surface area contributed by atoms with Crippen LogP contribution in [0.4, 0.5) is 5.69 Å². The minimum Gasteiger partial charge on any atom is -0.492 e. The predicted molar refractivity (Wildman–Crippen MR) is 130 cm³/mol. The first-order chi connectivity index (χ1) is 14.9. The molecule has 8 heteroatoms. The molecule has 3 aromatic carbocycles. The smallest absolute Gasteiger partial charge is 0.264 e. The maximum atomic E-state index is 13.2. The van der Waals surface area contributed by atoms with Crippen LogP contribution in [0.1, 0.15) is 5.56 Å². The normalized spacial score (nSPS) is 11.0. The maximum absolute atomic E-state index is 13.2. The van der Waals surface area contributed by atoms with Gasteiger partial charge < -0.3 is 10.1 Å². The predicted octanol–water partition coefficient (Wildman–Crippen LogP) is 3.99. The lowest BCUT2D eigenvalue weighted by atomic mass is 10.2. The topological polar surface area (TPSA) is 75.7 Å². The fraction of sp³-hybridized carbons (Fsp3) is 0.174. The average molecular weight is 550 g/mol. The van der Waals surface area contributed by atoms with E-state index in [1.54, 1.807) is 42.5 Å². The van der Waals surface area contributed by atoms with Gasteiger partial charge in [-0.1, -0.05) is 30.3 Å². The van der Waals surface area contributed by atoms with Gasteiger partial charge in [0.2, 0.25) is 5.91 Å². The molecule has 0 fully saturated rings. The van der Waals surface area contributed by atoms with Crippen molar-refractivity contribution in [3.63, 3.8) is 0 Å². The molecule has 31 heavy (non-hydrogen) atoms. The molecular weight excluding hydrogens is 527 g/mol. The summed E-state index contributed by atoms with van der Waals surface area (Å²) in [5.41, 5.74) is 1.51. The second kappa shape index (κ2) is 10.6. The van der Waals surface area contributed by atoms with Gasteiger partial charge in [0.15, 0.2) is 0 Å². The molecule has 0 aromatic heterocycles. The van der Waals surface area contributed by atoms with Crippen molar-refractivity contribution in [1.29, 1.82) is 0 Å². The van der Waals surface area contributed by atoms with E-state index >= 15 is 0 Å². The third-order valence-electron chi connectivity index (χ3n) is 4.42. The third-order valence-corrected chi connectivity index (χ3v) is 6.92. The van der Waals surface area contributed by atoms with E-state index in [2.05, 4.69) is 27.9 Å². The van der Waals surface area contributed by atoms with Crippen molar-refractivity contribution in [1.82, 2.24) is 5.32 Å². The van der Waals surface area contributed by atoms with Crippen molar-refractivity contribution in [2.45, 2.75) is 11.8 Å². The number of benzene rings is 3. The van der Waals surface area contributed by atoms with E-state index in [0.29, 0.717) is 5.69 Å². The molecule has 1 amide bonds. The number of carbonyl (C=O) groups is 1. The van der Waals surface area contributed by atoms with E-state index < -0.39 is 15.9 Å². The molecule has 0 aliphatic heterocycles. The van der Waals surface area contributed by atoms with Crippen molar-refractivity contribution in [3.8, 4) is 5.75 Å². The number of ether oxygens (including phenoxy) is 1. The summed E-state index contributed by atoms with van der Waals surface area (Å²) in [6.45, 7) is 2.19. The second-order valence-electron chi connectivity index (χ2n) is 6.82. The van der Waals surface area contributed by atoms with Gasteiger partial charge >= 0.3 is 0 Å². The summed E-state index contributed by atoms with van der Waals surface area (Å²) in [6.07, 6.45) is 0. The summed E-state index contributed by atoms with van der Waals surface area (Å²) in [6, 6.07) is 22.7. The Morgan fingerprint density at radius 2 is 1.71 bits per heavy atom. The first kappa shape index (κ1) is 23.1. The number of rotatable bonds is 9. The Morgan fingerprint density at radius 3 is 2.39 bits per heavy atom. The highest BCUT2D eigenvalue weighted by Crippen LogP contribution is 2.24. The van der Waals surface area contributed by atoms with Gasteiger partial charge in [0, 0.05) is 3.57 Å². The van der Waals surface area contributed by atoms with Crippen LogP contribution in [0, 0.1) is 10.5 Å². The number of hydrogen-bond donors (Lipinski definition) is 1. The van der Waals surface area contributed by atoms with Gasteiger partial charge in [-0.15, -0.1) is 0 Å². The molecule has 0 heterocycles. The van der Waals surface area contributed by atoms with Gasteiger partial charge in [-0.25, -0.2) is 8.42 Å². The van der Waals surface area contributed by atoms with Gasteiger partial charge in [0.1, 0.15) is 18.9 Å². The molecule has 0 unspecified atom stereocenters. The molecule has 6 nitrogen and oxygen atoms in total. The maximum Gasteiger partial charge on any atom is 0.264 e. The lowest BCUT2D eigenvalue weighted by molar-refractivity contribution is -0.119. The number of anilines is 1. The molecular formula is C23H23IN2O4S. The lowest BCUT2D eigenvalue weighted by Gasteiger charge is -2.24. The summed E-state index contributed by atoms with van der Waals surface area (Å²) in [4.78, 5) is 12.7. The molecule has 0 radical (unpaired) electrons. The van der Waals surface area contributed by atoms with Gasteiger partial charge in [-0.2, -0.15) is 0 Å². The number of carbonyl (C=O) groups excluding carboxylic acids is 1. The quantitative estimate of drug-likeness (QED) is 0.323. The molecule has 162 valence electrons. The zero-order valence-corrected chi connectivity index (χ0v) is 20.0.